The molecule has 1 aromatic carbocycles. The van der Waals surface area contributed by atoms with Gasteiger partial charge in [0.1, 0.15) is 28.8 Å². The number of H-pyrrole nitrogens is 1. The number of ether oxygens (including phenoxy) is 2. The summed E-state index contributed by atoms with van der Waals surface area (Å²) in [6.07, 6.45) is 4.78. The minimum absolute atomic E-state index is 0.0151. The summed E-state index contributed by atoms with van der Waals surface area (Å²) in [5.41, 5.74) is 1.18. The molecule has 1 amide bonds. The van der Waals surface area contributed by atoms with E-state index in [1.165, 1.54) is 16.9 Å². The van der Waals surface area contributed by atoms with Crippen molar-refractivity contribution in [2.45, 2.75) is 37.9 Å². The van der Waals surface area contributed by atoms with Crippen LogP contribution in [0.2, 0.25) is 0 Å². The molecular weight excluding hydrogens is 446 g/mol. The van der Waals surface area contributed by atoms with Gasteiger partial charge in [-0.3, -0.25) is 9.59 Å². The third-order valence-electron chi connectivity index (χ3n) is 5.34. The summed E-state index contributed by atoms with van der Waals surface area (Å²) >= 11 is 3.26. The number of benzene rings is 1. The number of hydrogen-bond acceptors (Lipinski definition) is 7. The van der Waals surface area contributed by atoms with Gasteiger partial charge in [0.2, 0.25) is 5.91 Å². The first kappa shape index (κ1) is 22.7. The molecule has 0 saturated heterocycles. The number of aryl methyl sites for hydroxylation is 2. The van der Waals surface area contributed by atoms with Crippen molar-refractivity contribution in [3.8, 4) is 11.5 Å². The number of aromatic amines is 1. The minimum atomic E-state index is -0.0281. The molecule has 7 nitrogen and oxygen atoms in total. The quantitative estimate of drug-likeness (QED) is 0.436. The molecule has 3 aromatic rings. The van der Waals surface area contributed by atoms with Crippen LogP contribution in [0.25, 0.3) is 10.2 Å². The van der Waals surface area contributed by atoms with Gasteiger partial charge >= 0.3 is 0 Å². The molecule has 9 heteroatoms. The fraction of sp³-hybridized carbons (Fsp3) is 0.435. The van der Waals surface area contributed by atoms with Crippen LogP contribution in [0.1, 0.15) is 35.5 Å². The molecule has 1 aliphatic rings. The van der Waals surface area contributed by atoms with Crippen LogP contribution in [-0.4, -0.2) is 41.9 Å². The van der Waals surface area contributed by atoms with E-state index in [1.54, 1.807) is 30.2 Å². The van der Waals surface area contributed by atoms with Gasteiger partial charge < -0.3 is 19.8 Å². The highest BCUT2D eigenvalue weighted by atomic mass is 32.2. The van der Waals surface area contributed by atoms with Crippen LogP contribution in [0.3, 0.4) is 0 Å². The van der Waals surface area contributed by atoms with Crippen molar-refractivity contribution in [3.05, 3.63) is 50.9 Å². The summed E-state index contributed by atoms with van der Waals surface area (Å²) in [4.78, 5) is 34.4. The van der Waals surface area contributed by atoms with E-state index >= 15 is 0 Å². The molecule has 170 valence electrons. The lowest BCUT2D eigenvalue weighted by Gasteiger charge is -2.09. The average Bonchev–Trinajstić information content (AvgIpc) is 3.19. The number of methoxy groups -OCH3 is 1. The number of fused-ring (bicyclic) bond motifs is 3. The number of rotatable bonds is 10. The molecule has 32 heavy (non-hydrogen) atoms. The van der Waals surface area contributed by atoms with Crippen LogP contribution in [0, 0.1) is 0 Å². The number of aromatic nitrogens is 2. The number of hydrogen-bond donors (Lipinski definition) is 2. The van der Waals surface area contributed by atoms with Gasteiger partial charge in [-0.15, -0.1) is 11.3 Å². The Morgan fingerprint density at radius 1 is 1.22 bits per heavy atom. The maximum absolute atomic E-state index is 12.6. The molecule has 0 fully saturated rings. The molecule has 0 atom stereocenters. The zero-order valence-electron chi connectivity index (χ0n) is 18.1. The topological polar surface area (TPSA) is 93.3 Å². The molecule has 0 bridgehead atoms. The Bertz CT molecular complexity index is 1120. The van der Waals surface area contributed by atoms with Crippen molar-refractivity contribution in [3.63, 3.8) is 0 Å². The van der Waals surface area contributed by atoms with Crippen molar-refractivity contribution < 1.29 is 14.3 Å². The highest BCUT2D eigenvalue weighted by Gasteiger charge is 2.19. The summed E-state index contributed by atoms with van der Waals surface area (Å²) in [7, 11) is 1.62. The summed E-state index contributed by atoms with van der Waals surface area (Å²) in [5, 5.41) is 3.65. The van der Waals surface area contributed by atoms with Crippen molar-refractivity contribution in [2.75, 3.05) is 26.0 Å². The van der Waals surface area contributed by atoms with Crippen LogP contribution in [0.15, 0.2) is 29.1 Å². The Morgan fingerprint density at radius 2 is 2.00 bits per heavy atom. The molecule has 0 unspecified atom stereocenters. The van der Waals surface area contributed by atoms with Crippen LogP contribution >= 0.6 is 23.1 Å². The van der Waals surface area contributed by atoms with Gasteiger partial charge in [0.05, 0.1) is 24.8 Å². The number of carbonyl (C=O) groups excluding carboxylic acids is 1. The van der Waals surface area contributed by atoms with Gasteiger partial charge in [-0.1, -0.05) is 0 Å². The zero-order valence-corrected chi connectivity index (χ0v) is 19.7. The molecule has 1 aliphatic carbocycles. The van der Waals surface area contributed by atoms with Crippen LogP contribution in [0.4, 0.5) is 0 Å². The van der Waals surface area contributed by atoms with Crippen LogP contribution in [0.5, 0.6) is 11.5 Å². The molecule has 0 saturated carbocycles. The average molecular weight is 474 g/mol. The van der Waals surface area contributed by atoms with E-state index in [2.05, 4.69) is 15.3 Å². The van der Waals surface area contributed by atoms with Crippen molar-refractivity contribution in [2.24, 2.45) is 0 Å². The lowest BCUT2D eigenvalue weighted by atomic mass is 9.97. The monoisotopic (exact) mass is 473 g/mol. The molecule has 2 N–H and O–H groups in total. The number of amides is 1. The number of thiophene rings is 1. The lowest BCUT2D eigenvalue weighted by molar-refractivity contribution is -0.120. The van der Waals surface area contributed by atoms with Crippen LogP contribution in [-0.2, 0) is 23.4 Å². The SMILES string of the molecule is COc1ccc(OCCNC(=O)CCSCc2nc3sc4c(c3c(=O)[nH]2)CCCC4)cc1. The largest absolute Gasteiger partial charge is 0.497 e. The van der Waals surface area contributed by atoms with E-state index in [4.69, 9.17) is 9.47 Å². The van der Waals surface area contributed by atoms with E-state index < -0.39 is 0 Å². The maximum atomic E-state index is 12.6. The van der Waals surface area contributed by atoms with Gasteiger partial charge in [0, 0.05) is 17.1 Å². The Labute approximate surface area is 194 Å². The van der Waals surface area contributed by atoms with E-state index in [1.807, 2.05) is 24.3 Å². The lowest BCUT2D eigenvalue weighted by Crippen LogP contribution is -2.28. The molecule has 2 aromatic heterocycles. The summed E-state index contributed by atoms with van der Waals surface area (Å²) < 4.78 is 10.7. The summed E-state index contributed by atoms with van der Waals surface area (Å²) in [6.45, 7) is 0.852. The zero-order chi connectivity index (χ0) is 22.3. The first-order valence-corrected chi connectivity index (χ1v) is 12.8. The molecule has 2 heterocycles. The highest BCUT2D eigenvalue weighted by Crippen LogP contribution is 2.33. The smallest absolute Gasteiger partial charge is 0.259 e. The Kier molecular flexibility index (Phi) is 7.70. The number of carbonyl (C=O) groups is 1. The van der Waals surface area contributed by atoms with Gasteiger partial charge in [-0.25, -0.2) is 4.98 Å². The minimum Gasteiger partial charge on any atom is -0.497 e. The first-order chi connectivity index (χ1) is 15.6. The van der Waals surface area contributed by atoms with Crippen molar-refractivity contribution >= 4 is 39.2 Å². The Balaban J connectivity index is 1.17. The molecule has 4 rings (SSSR count). The van der Waals surface area contributed by atoms with Gasteiger partial charge in [-0.2, -0.15) is 11.8 Å². The number of nitrogens with one attached hydrogen (secondary N) is 2. The van der Waals surface area contributed by atoms with E-state index in [-0.39, 0.29) is 11.5 Å². The van der Waals surface area contributed by atoms with Gasteiger partial charge in [0.15, 0.2) is 0 Å². The standard InChI is InChI=1S/C23H27N3O4S2/c1-29-15-6-8-16(9-7-15)30-12-11-24-20(27)10-13-31-14-19-25-22(28)21-17-4-2-3-5-18(17)32-23(21)26-19/h6-9H,2-5,10-14H2,1H3,(H,24,27)(H,25,26,28). The maximum Gasteiger partial charge on any atom is 0.259 e. The Hall–Kier alpha value is -2.52. The predicted molar refractivity (Wildman–Crippen MR) is 129 cm³/mol. The predicted octanol–water partition coefficient (Wildman–Crippen LogP) is 3.69. The van der Waals surface area contributed by atoms with E-state index in [9.17, 15) is 9.59 Å². The first-order valence-electron chi connectivity index (χ1n) is 10.8. The van der Waals surface area contributed by atoms with Gasteiger partial charge in [0.25, 0.3) is 5.56 Å². The molecule has 0 aliphatic heterocycles. The molecular formula is C23H27N3O4S2. The van der Waals surface area contributed by atoms with Crippen molar-refractivity contribution in [1.82, 2.24) is 15.3 Å². The second-order valence-corrected chi connectivity index (χ2v) is 9.77. The Morgan fingerprint density at radius 3 is 2.81 bits per heavy atom. The second-order valence-electron chi connectivity index (χ2n) is 7.58. The molecule has 0 spiro atoms. The second kappa shape index (κ2) is 10.9. The van der Waals surface area contributed by atoms with Crippen LogP contribution < -0.4 is 20.3 Å². The fourth-order valence-corrected chi connectivity index (χ4v) is 5.82. The fourth-order valence-electron chi connectivity index (χ4n) is 3.73. The third-order valence-corrected chi connectivity index (χ3v) is 7.49. The molecule has 0 radical (unpaired) electrons. The third kappa shape index (κ3) is 5.63. The van der Waals surface area contributed by atoms with Gasteiger partial charge in [-0.05, 0) is 55.5 Å². The number of nitrogens with zero attached hydrogens (tertiary/aromatic N) is 1. The van der Waals surface area contributed by atoms with E-state index in [0.29, 0.717) is 36.9 Å². The normalized spacial score (nSPS) is 13.0. The van der Waals surface area contributed by atoms with Crippen molar-refractivity contribution in [1.29, 1.82) is 0 Å². The van der Waals surface area contributed by atoms with E-state index in [0.717, 1.165) is 41.0 Å². The summed E-state index contributed by atoms with van der Waals surface area (Å²) in [5.74, 6) is 3.42. The summed E-state index contributed by atoms with van der Waals surface area (Å²) in [6, 6.07) is 7.33. The number of thioether (sulfide) groups is 1. The highest BCUT2D eigenvalue weighted by molar-refractivity contribution is 7.98.